The Kier molecular flexibility index (Phi) is 5.52. The quantitative estimate of drug-likeness (QED) is 0.788. The number of amides is 2. The third-order valence-corrected chi connectivity index (χ3v) is 5.83. The van der Waals surface area contributed by atoms with Crippen LogP contribution in [-0.4, -0.2) is 69.3 Å². The summed E-state index contributed by atoms with van der Waals surface area (Å²) in [6, 6.07) is 0.297. The minimum absolute atomic E-state index is 0.0686. The Morgan fingerprint density at radius 3 is 2.78 bits per heavy atom. The average molecular weight is 372 g/mol. The maximum atomic E-state index is 12.7. The summed E-state index contributed by atoms with van der Waals surface area (Å²) in [7, 11) is 0. The van der Waals surface area contributed by atoms with Gasteiger partial charge in [0.15, 0.2) is 0 Å². The second kappa shape index (κ2) is 8.21. The third-order valence-electron chi connectivity index (χ3n) is 5.83. The number of nitrogens with zero attached hydrogens (tertiary/aromatic N) is 5. The predicted molar refractivity (Wildman–Crippen MR) is 99.6 cm³/mol. The first-order chi connectivity index (χ1) is 13.2. The van der Waals surface area contributed by atoms with E-state index in [1.807, 2.05) is 15.8 Å². The average Bonchev–Trinajstić information content (AvgIpc) is 3.17. The molecule has 0 spiro atoms. The summed E-state index contributed by atoms with van der Waals surface area (Å²) >= 11 is 0. The van der Waals surface area contributed by atoms with Crippen LogP contribution in [0.25, 0.3) is 0 Å². The van der Waals surface area contributed by atoms with Gasteiger partial charge in [0.2, 0.25) is 11.8 Å². The van der Waals surface area contributed by atoms with Crippen molar-refractivity contribution in [3.63, 3.8) is 0 Å². The summed E-state index contributed by atoms with van der Waals surface area (Å²) in [4.78, 5) is 28.3. The molecule has 2 saturated heterocycles. The standard InChI is InChI=1S/C19H28N6O2/c26-18-14-23(11-8-20-18)12-16-13-25(22-21-16)17-6-9-24(10-7-17)19(27)15-4-2-1-3-5-15/h1-2,13,15,17H,3-12,14H2,(H,20,26). The largest absolute Gasteiger partial charge is 0.354 e. The molecule has 0 bridgehead atoms. The summed E-state index contributed by atoms with van der Waals surface area (Å²) in [6.07, 6.45) is 11.0. The fourth-order valence-corrected chi connectivity index (χ4v) is 4.25. The number of hydrogen-bond donors (Lipinski definition) is 1. The van der Waals surface area contributed by atoms with Gasteiger partial charge in [-0.05, 0) is 32.1 Å². The first-order valence-corrected chi connectivity index (χ1v) is 10.0. The van der Waals surface area contributed by atoms with Crippen molar-refractivity contribution in [1.29, 1.82) is 0 Å². The van der Waals surface area contributed by atoms with Gasteiger partial charge in [-0.15, -0.1) is 5.10 Å². The van der Waals surface area contributed by atoms with E-state index in [9.17, 15) is 9.59 Å². The summed E-state index contributed by atoms with van der Waals surface area (Å²) < 4.78 is 1.95. The number of aromatic nitrogens is 3. The highest BCUT2D eigenvalue weighted by Gasteiger charge is 2.29. The van der Waals surface area contributed by atoms with Crippen LogP contribution in [0.2, 0.25) is 0 Å². The molecule has 3 aliphatic rings. The molecule has 1 atom stereocenters. The van der Waals surface area contributed by atoms with Gasteiger partial charge in [-0.25, -0.2) is 4.68 Å². The molecule has 1 unspecified atom stereocenters. The van der Waals surface area contributed by atoms with Crippen molar-refractivity contribution in [3.8, 4) is 0 Å². The molecule has 146 valence electrons. The number of carbonyl (C=O) groups excluding carboxylic acids is 2. The Bertz CT molecular complexity index is 707. The summed E-state index contributed by atoms with van der Waals surface area (Å²) in [6.45, 7) is 4.20. The number of likely N-dealkylation sites (tertiary alicyclic amines) is 1. The SMILES string of the molecule is O=C1CN(Cc2cn(C3CCN(C(=O)C4CC=CCC4)CC3)nn2)CCN1. The molecule has 0 aromatic carbocycles. The van der Waals surface area contributed by atoms with Gasteiger partial charge in [0.05, 0.1) is 24.5 Å². The Hall–Kier alpha value is -2.22. The Morgan fingerprint density at radius 1 is 1.19 bits per heavy atom. The van der Waals surface area contributed by atoms with E-state index >= 15 is 0 Å². The molecule has 3 heterocycles. The van der Waals surface area contributed by atoms with Crippen LogP contribution in [0.5, 0.6) is 0 Å². The lowest BCUT2D eigenvalue weighted by atomic mass is 9.92. The number of carbonyl (C=O) groups is 2. The number of rotatable bonds is 4. The molecule has 2 fully saturated rings. The van der Waals surface area contributed by atoms with E-state index in [2.05, 4.69) is 32.7 Å². The topological polar surface area (TPSA) is 83.4 Å². The van der Waals surface area contributed by atoms with Crippen molar-refractivity contribution in [1.82, 2.24) is 30.1 Å². The molecule has 0 radical (unpaired) electrons. The van der Waals surface area contributed by atoms with E-state index < -0.39 is 0 Å². The molecule has 1 aromatic rings. The van der Waals surface area contributed by atoms with Crippen molar-refractivity contribution in [2.24, 2.45) is 5.92 Å². The van der Waals surface area contributed by atoms with Gasteiger partial charge in [-0.1, -0.05) is 17.4 Å². The van der Waals surface area contributed by atoms with E-state index in [-0.39, 0.29) is 11.8 Å². The van der Waals surface area contributed by atoms with Crippen LogP contribution >= 0.6 is 0 Å². The van der Waals surface area contributed by atoms with E-state index in [1.54, 1.807) is 0 Å². The van der Waals surface area contributed by atoms with E-state index in [0.717, 1.165) is 57.4 Å². The Balaban J connectivity index is 1.28. The lowest BCUT2D eigenvalue weighted by Gasteiger charge is -2.34. The number of allylic oxidation sites excluding steroid dienone is 2. The lowest BCUT2D eigenvalue weighted by Crippen LogP contribution is -2.47. The molecule has 4 rings (SSSR count). The minimum atomic E-state index is 0.0686. The van der Waals surface area contributed by atoms with Crippen LogP contribution in [-0.2, 0) is 16.1 Å². The molecule has 0 saturated carbocycles. The van der Waals surface area contributed by atoms with Crippen molar-refractivity contribution in [2.75, 3.05) is 32.7 Å². The Labute approximate surface area is 159 Å². The molecule has 8 heteroatoms. The van der Waals surface area contributed by atoms with Gasteiger partial charge in [-0.2, -0.15) is 0 Å². The van der Waals surface area contributed by atoms with Gasteiger partial charge in [0, 0.05) is 38.6 Å². The fraction of sp³-hybridized carbons (Fsp3) is 0.684. The maximum absolute atomic E-state index is 12.7. The van der Waals surface area contributed by atoms with Gasteiger partial charge in [-0.3, -0.25) is 14.5 Å². The van der Waals surface area contributed by atoms with E-state index in [4.69, 9.17) is 0 Å². The number of nitrogens with one attached hydrogen (secondary N) is 1. The monoisotopic (exact) mass is 372 g/mol. The minimum Gasteiger partial charge on any atom is -0.354 e. The zero-order chi connectivity index (χ0) is 18.6. The predicted octanol–water partition coefficient (Wildman–Crippen LogP) is 0.730. The van der Waals surface area contributed by atoms with Gasteiger partial charge < -0.3 is 10.2 Å². The fourth-order valence-electron chi connectivity index (χ4n) is 4.25. The Morgan fingerprint density at radius 2 is 2.04 bits per heavy atom. The van der Waals surface area contributed by atoms with Crippen molar-refractivity contribution in [2.45, 2.75) is 44.7 Å². The second-order valence-electron chi connectivity index (χ2n) is 7.79. The first kappa shape index (κ1) is 18.2. The van der Waals surface area contributed by atoms with Gasteiger partial charge in [0.1, 0.15) is 0 Å². The van der Waals surface area contributed by atoms with Crippen LogP contribution in [0.3, 0.4) is 0 Å². The van der Waals surface area contributed by atoms with Crippen LogP contribution in [0.1, 0.15) is 43.8 Å². The molecule has 2 amide bonds. The van der Waals surface area contributed by atoms with Gasteiger partial charge >= 0.3 is 0 Å². The molecule has 1 aromatic heterocycles. The van der Waals surface area contributed by atoms with E-state index in [0.29, 0.717) is 31.6 Å². The van der Waals surface area contributed by atoms with Crippen LogP contribution in [0, 0.1) is 5.92 Å². The molecule has 8 nitrogen and oxygen atoms in total. The highest BCUT2D eigenvalue weighted by atomic mass is 16.2. The van der Waals surface area contributed by atoms with Gasteiger partial charge in [0.25, 0.3) is 0 Å². The first-order valence-electron chi connectivity index (χ1n) is 10.0. The van der Waals surface area contributed by atoms with Crippen molar-refractivity contribution >= 4 is 11.8 Å². The molecule has 2 aliphatic heterocycles. The van der Waals surface area contributed by atoms with Crippen LogP contribution in [0.15, 0.2) is 18.3 Å². The molecule has 27 heavy (non-hydrogen) atoms. The second-order valence-corrected chi connectivity index (χ2v) is 7.79. The van der Waals surface area contributed by atoms with Crippen LogP contribution < -0.4 is 5.32 Å². The highest BCUT2D eigenvalue weighted by Crippen LogP contribution is 2.26. The molecular formula is C19H28N6O2. The van der Waals surface area contributed by atoms with E-state index in [1.165, 1.54) is 0 Å². The molecular weight excluding hydrogens is 344 g/mol. The summed E-state index contributed by atoms with van der Waals surface area (Å²) in [5.41, 5.74) is 0.900. The van der Waals surface area contributed by atoms with Crippen LogP contribution in [0.4, 0.5) is 0 Å². The van der Waals surface area contributed by atoms with Crippen molar-refractivity contribution < 1.29 is 9.59 Å². The number of piperazine rings is 1. The number of piperidine rings is 1. The molecule has 1 N–H and O–H groups in total. The smallest absolute Gasteiger partial charge is 0.234 e. The lowest BCUT2D eigenvalue weighted by molar-refractivity contribution is -0.137. The summed E-state index contributed by atoms with van der Waals surface area (Å²) in [5.74, 6) is 0.561. The number of hydrogen-bond acceptors (Lipinski definition) is 5. The zero-order valence-corrected chi connectivity index (χ0v) is 15.7. The maximum Gasteiger partial charge on any atom is 0.234 e. The van der Waals surface area contributed by atoms with Crippen molar-refractivity contribution in [3.05, 3.63) is 24.0 Å². The zero-order valence-electron chi connectivity index (χ0n) is 15.7. The summed E-state index contributed by atoms with van der Waals surface area (Å²) in [5, 5.41) is 11.4. The third kappa shape index (κ3) is 4.37. The normalized spacial score (nSPS) is 24.8. The highest BCUT2D eigenvalue weighted by molar-refractivity contribution is 5.79. The molecule has 1 aliphatic carbocycles.